The Hall–Kier alpha value is 0.0569. The summed E-state index contributed by atoms with van der Waals surface area (Å²) < 4.78 is 0. The van der Waals surface area contributed by atoms with Crippen LogP contribution in [0.15, 0.2) is 0 Å². The summed E-state index contributed by atoms with van der Waals surface area (Å²) in [6, 6.07) is 0.699. The van der Waals surface area contributed by atoms with Crippen LogP contribution in [0.25, 0.3) is 0 Å². The third kappa shape index (κ3) is 6.36. The number of nitrogens with one attached hydrogen (secondary N) is 4. The first-order valence-electron chi connectivity index (χ1n) is 8.29. The van der Waals surface area contributed by atoms with Crippen LogP contribution in [0.1, 0.15) is 65.7 Å². The highest BCUT2D eigenvalue weighted by atomic mass is 28.4. The minimum absolute atomic E-state index is 0.699. The largest absolute Gasteiger partial charge is 0.366 e. The van der Waals surface area contributed by atoms with Crippen molar-refractivity contribution in [3.05, 3.63) is 0 Å². The minimum atomic E-state index is -1.92. The van der Waals surface area contributed by atoms with Gasteiger partial charge in [0, 0.05) is 6.04 Å². The molecule has 0 heterocycles. The zero-order chi connectivity index (χ0) is 14.0. The Morgan fingerprint density at radius 3 is 1.58 bits per heavy atom. The topological polar surface area (TPSA) is 48.1 Å². The highest BCUT2D eigenvalue weighted by molar-refractivity contribution is 6.70. The van der Waals surface area contributed by atoms with Gasteiger partial charge < -0.3 is 14.9 Å². The lowest BCUT2D eigenvalue weighted by molar-refractivity contribution is 0.568. The molecule has 0 aromatic carbocycles. The van der Waals surface area contributed by atoms with Crippen LogP contribution in [-0.4, -0.2) is 34.4 Å². The molecule has 4 N–H and O–H groups in total. The van der Waals surface area contributed by atoms with E-state index in [1.54, 1.807) is 0 Å². The summed E-state index contributed by atoms with van der Waals surface area (Å²) in [5.74, 6) is 0. The van der Waals surface area contributed by atoms with Gasteiger partial charge >= 0.3 is 8.72 Å². The normalized spacial score (nSPS) is 17.2. The summed E-state index contributed by atoms with van der Waals surface area (Å²) in [4.78, 5) is 15.3. The fourth-order valence-electron chi connectivity index (χ4n) is 2.65. The van der Waals surface area contributed by atoms with Crippen LogP contribution in [-0.2, 0) is 0 Å². The van der Waals surface area contributed by atoms with Gasteiger partial charge in [0.2, 0.25) is 0 Å². The molecule has 0 amide bonds. The predicted molar refractivity (Wildman–Crippen MR) is 86.0 cm³/mol. The zero-order valence-corrected chi connectivity index (χ0v) is 14.1. The first kappa shape index (κ1) is 17.1. The van der Waals surface area contributed by atoms with Crippen molar-refractivity contribution in [2.45, 2.75) is 71.8 Å². The van der Waals surface area contributed by atoms with Crippen molar-refractivity contribution < 1.29 is 0 Å². The number of hydrogen-bond acceptors (Lipinski definition) is 4. The van der Waals surface area contributed by atoms with Crippen molar-refractivity contribution in [3.63, 3.8) is 0 Å². The standard InChI is InChI=1S/C14H34N4Si/c1-4-11-15-19(16-12-5-2,17-13-6-3)18-14-9-7-8-10-14/h14-18H,4-13H2,1-3H3. The van der Waals surface area contributed by atoms with Crippen molar-refractivity contribution in [2.75, 3.05) is 19.6 Å². The Labute approximate surface area is 120 Å². The van der Waals surface area contributed by atoms with Crippen LogP contribution < -0.4 is 19.9 Å². The molecule has 0 aliphatic heterocycles. The van der Waals surface area contributed by atoms with E-state index < -0.39 is 8.72 Å². The Balaban J connectivity index is 2.61. The number of hydrogen-bond donors (Lipinski definition) is 4. The van der Waals surface area contributed by atoms with E-state index in [1.165, 1.54) is 44.9 Å². The summed E-state index contributed by atoms with van der Waals surface area (Å²) >= 11 is 0. The van der Waals surface area contributed by atoms with Crippen LogP contribution in [0.2, 0.25) is 0 Å². The minimum Gasteiger partial charge on any atom is -0.301 e. The molecule has 0 radical (unpaired) electrons. The molecule has 0 atom stereocenters. The molecule has 114 valence electrons. The third-order valence-electron chi connectivity index (χ3n) is 3.70. The highest BCUT2D eigenvalue weighted by Crippen LogP contribution is 2.18. The molecule has 1 rings (SSSR count). The van der Waals surface area contributed by atoms with Gasteiger partial charge in [0.1, 0.15) is 0 Å². The van der Waals surface area contributed by atoms with E-state index in [0.29, 0.717) is 6.04 Å². The predicted octanol–water partition coefficient (Wildman–Crippen LogP) is 1.95. The molecular weight excluding hydrogens is 252 g/mol. The SMILES string of the molecule is CCCN[Si](NCCC)(NCCC)NC1CCCC1. The molecule has 1 saturated carbocycles. The summed E-state index contributed by atoms with van der Waals surface area (Å²) in [6.45, 7) is 9.96. The fourth-order valence-corrected chi connectivity index (χ4v) is 6.11. The van der Waals surface area contributed by atoms with Gasteiger partial charge in [0.15, 0.2) is 0 Å². The summed E-state index contributed by atoms with van der Waals surface area (Å²) in [5.41, 5.74) is 0. The average Bonchev–Trinajstić information content (AvgIpc) is 2.93. The van der Waals surface area contributed by atoms with Crippen LogP contribution >= 0.6 is 0 Å². The van der Waals surface area contributed by atoms with Crippen LogP contribution in [0.5, 0.6) is 0 Å². The first-order valence-corrected chi connectivity index (χ1v) is 10.3. The van der Waals surface area contributed by atoms with E-state index in [0.717, 1.165) is 19.6 Å². The molecule has 0 bridgehead atoms. The molecule has 4 nitrogen and oxygen atoms in total. The van der Waals surface area contributed by atoms with Crippen molar-refractivity contribution in [2.24, 2.45) is 0 Å². The summed E-state index contributed by atoms with van der Waals surface area (Å²) in [7, 11) is -1.92. The second kappa shape index (κ2) is 9.88. The zero-order valence-electron chi connectivity index (χ0n) is 13.1. The third-order valence-corrected chi connectivity index (χ3v) is 6.88. The monoisotopic (exact) mass is 286 g/mol. The average molecular weight is 287 g/mol. The van der Waals surface area contributed by atoms with E-state index in [2.05, 4.69) is 40.7 Å². The molecule has 1 fully saturated rings. The Kier molecular flexibility index (Phi) is 8.90. The van der Waals surface area contributed by atoms with Gasteiger partial charge in [0.05, 0.1) is 0 Å². The summed E-state index contributed by atoms with van der Waals surface area (Å²) in [6.07, 6.45) is 9.00. The van der Waals surface area contributed by atoms with E-state index in [-0.39, 0.29) is 0 Å². The van der Waals surface area contributed by atoms with Crippen molar-refractivity contribution in [3.8, 4) is 0 Å². The van der Waals surface area contributed by atoms with Crippen molar-refractivity contribution >= 4 is 8.72 Å². The Morgan fingerprint density at radius 2 is 1.21 bits per heavy atom. The van der Waals surface area contributed by atoms with Crippen molar-refractivity contribution in [1.82, 2.24) is 19.9 Å². The van der Waals surface area contributed by atoms with Gasteiger partial charge in [-0.3, -0.25) is 4.98 Å². The van der Waals surface area contributed by atoms with Crippen LogP contribution in [0, 0.1) is 0 Å². The quantitative estimate of drug-likeness (QED) is 0.439. The maximum Gasteiger partial charge on any atom is 0.366 e. The second-order valence-corrected chi connectivity index (χ2v) is 8.51. The van der Waals surface area contributed by atoms with E-state index in [9.17, 15) is 0 Å². The molecule has 0 spiro atoms. The summed E-state index contributed by atoms with van der Waals surface area (Å²) in [5, 5.41) is 0. The van der Waals surface area contributed by atoms with Crippen LogP contribution in [0.3, 0.4) is 0 Å². The van der Waals surface area contributed by atoms with Gasteiger partial charge in [-0.25, -0.2) is 0 Å². The molecule has 19 heavy (non-hydrogen) atoms. The number of rotatable bonds is 11. The molecule has 0 aromatic rings. The van der Waals surface area contributed by atoms with Gasteiger partial charge in [-0.2, -0.15) is 0 Å². The fraction of sp³-hybridized carbons (Fsp3) is 1.00. The molecule has 0 aromatic heterocycles. The smallest absolute Gasteiger partial charge is 0.301 e. The van der Waals surface area contributed by atoms with E-state index in [1.807, 2.05) is 0 Å². The molecule has 1 aliphatic rings. The molecule has 5 heteroatoms. The van der Waals surface area contributed by atoms with Gasteiger partial charge in [0.25, 0.3) is 0 Å². The van der Waals surface area contributed by atoms with E-state index >= 15 is 0 Å². The van der Waals surface area contributed by atoms with Crippen molar-refractivity contribution in [1.29, 1.82) is 0 Å². The molecule has 1 aliphatic carbocycles. The Morgan fingerprint density at radius 1 is 0.789 bits per heavy atom. The molecular formula is C14H34N4Si. The second-order valence-electron chi connectivity index (χ2n) is 5.66. The molecule has 0 unspecified atom stereocenters. The lowest BCUT2D eigenvalue weighted by Crippen LogP contribution is -2.82. The van der Waals surface area contributed by atoms with Gasteiger partial charge in [-0.15, -0.1) is 0 Å². The van der Waals surface area contributed by atoms with Gasteiger partial charge in [-0.1, -0.05) is 33.6 Å². The lowest BCUT2D eigenvalue weighted by Gasteiger charge is -2.36. The maximum absolute atomic E-state index is 3.94. The maximum atomic E-state index is 3.94. The lowest BCUT2D eigenvalue weighted by atomic mass is 10.3. The first-order chi connectivity index (χ1) is 9.26. The highest BCUT2D eigenvalue weighted by Gasteiger charge is 2.36. The Bertz CT molecular complexity index is 198. The van der Waals surface area contributed by atoms with Gasteiger partial charge in [-0.05, 0) is 51.7 Å². The van der Waals surface area contributed by atoms with Crippen LogP contribution in [0.4, 0.5) is 0 Å². The van der Waals surface area contributed by atoms with E-state index in [4.69, 9.17) is 0 Å². The molecule has 0 saturated heterocycles.